The van der Waals surface area contributed by atoms with Crippen molar-refractivity contribution in [3.05, 3.63) is 29.8 Å². The van der Waals surface area contributed by atoms with Gasteiger partial charge in [-0.25, -0.2) is 0 Å². The molecular weight excluding hydrogens is 325 g/mol. The summed E-state index contributed by atoms with van der Waals surface area (Å²) in [5.41, 5.74) is 1.09. The minimum Gasteiger partial charge on any atom is -0.427 e. The van der Waals surface area contributed by atoms with Crippen LogP contribution in [0.2, 0.25) is 0 Å². The molecule has 0 bridgehead atoms. The highest BCUT2D eigenvalue weighted by atomic mass is 35.5. The average Bonchev–Trinajstić information content (AvgIpc) is 2.46. The van der Waals surface area contributed by atoms with E-state index >= 15 is 0 Å². The second kappa shape index (κ2) is 10.4. The highest BCUT2D eigenvalue weighted by Crippen LogP contribution is 2.26. The lowest BCUT2D eigenvalue weighted by molar-refractivity contribution is -0.131. The highest BCUT2D eigenvalue weighted by Gasteiger charge is 2.21. The maximum atomic E-state index is 10.9. The Morgan fingerprint density at radius 2 is 1.91 bits per heavy atom. The van der Waals surface area contributed by atoms with Gasteiger partial charge in [0.05, 0.1) is 12.5 Å². The molecule has 1 aromatic rings. The van der Waals surface area contributed by atoms with E-state index in [1.54, 1.807) is 12.1 Å². The van der Waals surface area contributed by atoms with Crippen LogP contribution in [0.5, 0.6) is 5.75 Å². The van der Waals surface area contributed by atoms with Crippen molar-refractivity contribution in [1.29, 1.82) is 5.26 Å². The molecule has 1 aromatic carbocycles. The number of benzene rings is 1. The molecule has 1 heterocycles. The second-order valence-electron chi connectivity index (χ2n) is 4.83. The zero-order chi connectivity index (χ0) is 14.4. The van der Waals surface area contributed by atoms with Gasteiger partial charge < -0.3 is 10.1 Å². The number of nitrogens with zero attached hydrogens (tertiary/aromatic N) is 2. The Morgan fingerprint density at radius 1 is 1.32 bits per heavy atom. The van der Waals surface area contributed by atoms with Crippen molar-refractivity contribution in [2.45, 2.75) is 19.4 Å². The van der Waals surface area contributed by atoms with Crippen molar-refractivity contribution < 1.29 is 9.53 Å². The lowest BCUT2D eigenvalue weighted by Gasteiger charge is -2.34. The number of rotatable bonds is 4. The van der Waals surface area contributed by atoms with Gasteiger partial charge >= 0.3 is 5.97 Å². The zero-order valence-corrected chi connectivity index (χ0v) is 14.1. The number of hydrogen-bond acceptors (Lipinski definition) is 5. The monoisotopic (exact) mass is 345 g/mol. The second-order valence-corrected chi connectivity index (χ2v) is 4.83. The third-order valence-electron chi connectivity index (χ3n) is 3.40. The van der Waals surface area contributed by atoms with Gasteiger partial charge in [-0.3, -0.25) is 9.69 Å². The van der Waals surface area contributed by atoms with E-state index in [9.17, 15) is 4.79 Å². The normalized spacial score (nSPS) is 15.6. The van der Waals surface area contributed by atoms with Gasteiger partial charge in [0.1, 0.15) is 5.75 Å². The first kappa shape index (κ1) is 20.7. The molecule has 1 N–H and O–H groups in total. The molecular formula is C15H21Cl2N3O2. The van der Waals surface area contributed by atoms with Gasteiger partial charge in [0.15, 0.2) is 0 Å². The molecule has 0 unspecified atom stereocenters. The fourth-order valence-electron chi connectivity index (χ4n) is 2.46. The van der Waals surface area contributed by atoms with Crippen molar-refractivity contribution in [2.75, 3.05) is 26.2 Å². The predicted octanol–water partition coefficient (Wildman–Crippen LogP) is 2.32. The fraction of sp³-hybridized carbons (Fsp3) is 0.467. The minimum atomic E-state index is -0.326. The molecule has 0 aliphatic carbocycles. The first-order valence-electron chi connectivity index (χ1n) is 6.81. The molecule has 122 valence electrons. The Hall–Kier alpha value is -1.32. The number of ether oxygens (including phenoxy) is 1. The number of esters is 1. The first-order valence-corrected chi connectivity index (χ1v) is 6.81. The molecule has 7 heteroatoms. The maximum absolute atomic E-state index is 10.9. The number of carbonyl (C=O) groups is 1. The van der Waals surface area contributed by atoms with Crippen LogP contribution in [-0.4, -0.2) is 37.0 Å². The van der Waals surface area contributed by atoms with Crippen LogP contribution in [-0.2, 0) is 4.79 Å². The van der Waals surface area contributed by atoms with Gasteiger partial charge in [-0.2, -0.15) is 5.26 Å². The van der Waals surface area contributed by atoms with E-state index in [4.69, 9.17) is 10.00 Å². The van der Waals surface area contributed by atoms with E-state index in [2.05, 4.69) is 16.3 Å². The fourth-order valence-corrected chi connectivity index (χ4v) is 2.46. The molecule has 1 saturated heterocycles. The zero-order valence-electron chi connectivity index (χ0n) is 12.4. The lowest BCUT2D eigenvalue weighted by Crippen LogP contribution is -2.45. The number of carbonyl (C=O) groups excluding carboxylic acids is 1. The Balaban J connectivity index is 0.00000220. The summed E-state index contributed by atoms with van der Waals surface area (Å²) in [5, 5.41) is 12.4. The quantitative estimate of drug-likeness (QED) is 0.670. The molecule has 0 saturated carbocycles. The van der Waals surface area contributed by atoms with Crippen LogP contribution in [0.15, 0.2) is 24.3 Å². The van der Waals surface area contributed by atoms with Gasteiger partial charge in [0, 0.05) is 39.1 Å². The van der Waals surface area contributed by atoms with Crippen LogP contribution < -0.4 is 10.1 Å². The number of nitriles is 1. The molecule has 1 aliphatic rings. The van der Waals surface area contributed by atoms with Crippen molar-refractivity contribution in [2.24, 2.45) is 0 Å². The highest BCUT2D eigenvalue weighted by molar-refractivity contribution is 5.85. The molecule has 0 amide bonds. The smallest absolute Gasteiger partial charge is 0.308 e. The number of halogens is 2. The van der Waals surface area contributed by atoms with Crippen LogP contribution in [0, 0.1) is 11.3 Å². The summed E-state index contributed by atoms with van der Waals surface area (Å²) in [5.74, 6) is 0.214. The maximum Gasteiger partial charge on any atom is 0.308 e. The van der Waals surface area contributed by atoms with Crippen molar-refractivity contribution in [3.63, 3.8) is 0 Å². The third-order valence-corrected chi connectivity index (χ3v) is 3.40. The van der Waals surface area contributed by atoms with Crippen molar-refractivity contribution >= 4 is 30.8 Å². The van der Waals surface area contributed by atoms with Crippen molar-refractivity contribution in [3.8, 4) is 11.8 Å². The van der Waals surface area contributed by atoms with Crippen LogP contribution in [0.3, 0.4) is 0 Å². The van der Waals surface area contributed by atoms with Gasteiger partial charge in [-0.15, -0.1) is 24.8 Å². The Morgan fingerprint density at radius 3 is 2.41 bits per heavy atom. The SMILES string of the molecule is CC(=O)Oc1ccc([C@@H](CC#N)N2CCNCC2)cc1.Cl.Cl. The first-order chi connectivity index (χ1) is 9.70. The van der Waals surface area contributed by atoms with Crippen LogP contribution in [0.1, 0.15) is 24.9 Å². The van der Waals surface area contributed by atoms with E-state index in [0.29, 0.717) is 12.2 Å². The largest absolute Gasteiger partial charge is 0.427 e. The van der Waals surface area contributed by atoms with E-state index in [0.717, 1.165) is 31.7 Å². The van der Waals surface area contributed by atoms with E-state index in [1.165, 1.54) is 6.92 Å². The standard InChI is InChI=1S/C15H19N3O2.2ClH/c1-12(19)20-14-4-2-13(3-5-14)15(6-7-16)18-10-8-17-9-11-18;;/h2-5,15,17H,6,8-11H2,1H3;2*1H/t15-;;/m1../s1. The molecule has 2 rings (SSSR count). The summed E-state index contributed by atoms with van der Waals surface area (Å²) in [6, 6.07) is 9.80. The molecule has 5 nitrogen and oxygen atoms in total. The van der Waals surface area contributed by atoms with E-state index in [1.807, 2.05) is 12.1 Å². The molecule has 1 atom stereocenters. The van der Waals surface area contributed by atoms with Crippen LogP contribution in [0.4, 0.5) is 0 Å². The third kappa shape index (κ3) is 5.82. The molecule has 22 heavy (non-hydrogen) atoms. The Bertz CT molecular complexity index is 497. The molecule has 0 radical (unpaired) electrons. The topological polar surface area (TPSA) is 65.4 Å². The van der Waals surface area contributed by atoms with Gasteiger partial charge in [0.25, 0.3) is 0 Å². The Kier molecular flexibility index (Phi) is 9.79. The lowest BCUT2D eigenvalue weighted by atomic mass is 10.0. The van der Waals surface area contributed by atoms with Gasteiger partial charge in [-0.05, 0) is 17.7 Å². The number of nitrogens with one attached hydrogen (secondary N) is 1. The van der Waals surface area contributed by atoms with Crippen LogP contribution in [0.25, 0.3) is 0 Å². The summed E-state index contributed by atoms with van der Waals surface area (Å²) in [6.07, 6.45) is 0.465. The van der Waals surface area contributed by atoms with E-state index in [-0.39, 0.29) is 36.8 Å². The molecule has 1 fully saturated rings. The Labute approximate surface area is 143 Å². The van der Waals surface area contributed by atoms with Gasteiger partial charge in [-0.1, -0.05) is 12.1 Å². The molecule has 1 aliphatic heterocycles. The van der Waals surface area contributed by atoms with E-state index < -0.39 is 0 Å². The predicted molar refractivity (Wildman–Crippen MR) is 89.7 cm³/mol. The summed E-state index contributed by atoms with van der Waals surface area (Å²) in [6.45, 7) is 5.17. The number of hydrogen-bond donors (Lipinski definition) is 1. The summed E-state index contributed by atoms with van der Waals surface area (Å²) >= 11 is 0. The van der Waals surface area contributed by atoms with Crippen molar-refractivity contribution in [1.82, 2.24) is 10.2 Å². The summed E-state index contributed by atoms with van der Waals surface area (Å²) in [7, 11) is 0. The van der Waals surface area contributed by atoms with Crippen LogP contribution >= 0.6 is 24.8 Å². The summed E-state index contributed by atoms with van der Waals surface area (Å²) < 4.78 is 5.03. The minimum absolute atomic E-state index is 0. The van der Waals surface area contributed by atoms with Gasteiger partial charge in [0.2, 0.25) is 0 Å². The summed E-state index contributed by atoms with van der Waals surface area (Å²) in [4.78, 5) is 13.2. The average molecular weight is 346 g/mol. The molecule has 0 aromatic heterocycles. The number of piperazine rings is 1. The molecule has 0 spiro atoms.